The topological polar surface area (TPSA) is 35.0 Å². The Morgan fingerprint density at radius 1 is 1.22 bits per heavy atom. The van der Waals surface area contributed by atoms with Gasteiger partial charge in [0.2, 0.25) is 5.28 Å². The van der Waals surface area contributed by atoms with E-state index in [1.54, 1.807) is 6.20 Å². The van der Waals surface area contributed by atoms with E-state index >= 15 is 0 Å². The Hall–Kier alpha value is -1.61. The smallest absolute Gasteiger partial charge is 0.222 e. The molecule has 0 aliphatic heterocycles. The zero-order valence-electron chi connectivity index (χ0n) is 10.1. The molecule has 92 valence electrons. The second-order valence-electron chi connectivity index (χ2n) is 4.51. The van der Waals surface area contributed by atoms with Crippen molar-refractivity contribution < 1.29 is 4.74 Å². The van der Waals surface area contributed by atoms with Crippen LogP contribution in [0.1, 0.15) is 18.4 Å². The van der Waals surface area contributed by atoms with Crippen LogP contribution in [0, 0.1) is 6.92 Å². The molecule has 0 spiro atoms. The molecule has 2 aromatic rings. The highest BCUT2D eigenvalue weighted by Crippen LogP contribution is 2.29. The fraction of sp³-hybridized carbons (Fsp3) is 0.286. The average molecular weight is 261 g/mol. The van der Waals surface area contributed by atoms with Crippen molar-refractivity contribution in [3.8, 4) is 17.0 Å². The highest BCUT2D eigenvalue weighted by molar-refractivity contribution is 6.28. The predicted molar refractivity (Wildman–Crippen MR) is 70.9 cm³/mol. The lowest BCUT2D eigenvalue weighted by Crippen LogP contribution is -1.96. The Labute approximate surface area is 111 Å². The minimum Gasteiger partial charge on any atom is -0.490 e. The quantitative estimate of drug-likeness (QED) is 0.790. The fourth-order valence-electron chi connectivity index (χ4n) is 1.78. The van der Waals surface area contributed by atoms with Crippen LogP contribution in [-0.4, -0.2) is 16.1 Å². The largest absolute Gasteiger partial charge is 0.490 e. The normalized spacial score (nSPS) is 14.6. The summed E-state index contributed by atoms with van der Waals surface area (Å²) in [6.07, 6.45) is 4.50. The van der Waals surface area contributed by atoms with E-state index in [4.69, 9.17) is 16.3 Å². The highest BCUT2D eigenvalue weighted by Gasteiger charge is 2.23. The molecule has 1 aliphatic carbocycles. The van der Waals surface area contributed by atoms with Gasteiger partial charge >= 0.3 is 0 Å². The molecule has 1 saturated carbocycles. The summed E-state index contributed by atoms with van der Waals surface area (Å²) >= 11 is 5.83. The van der Waals surface area contributed by atoms with Crippen LogP contribution in [-0.2, 0) is 0 Å². The molecule has 1 heterocycles. The van der Waals surface area contributed by atoms with Crippen LogP contribution in [0.2, 0.25) is 5.28 Å². The fourth-order valence-corrected chi connectivity index (χ4v) is 1.92. The van der Waals surface area contributed by atoms with Crippen molar-refractivity contribution in [2.24, 2.45) is 0 Å². The molecular formula is C14H13ClN2O. The predicted octanol–water partition coefficient (Wildman–Crippen LogP) is 3.65. The lowest BCUT2D eigenvalue weighted by Gasteiger charge is -2.07. The number of ether oxygens (including phenoxy) is 1. The van der Waals surface area contributed by atoms with Gasteiger partial charge in [-0.15, -0.1) is 0 Å². The number of hydrogen-bond donors (Lipinski definition) is 0. The third-order valence-corrected chi connectivity index (χ3v) is 3.08. The summed E-state index contributed by atoms with van der Waals surface area (Å²) in [4.78, 5) is 8.22. The first-order valence-corrected chi connectivity index (χ1v) is 6.36. The summed E-state index contributed by atoms with van der Waals surface area (Å²) in [5.41, 5.74) is 2.91. The zero-order chi connectivity index (χ0) is 12.5. The number of halogens is 1. The second kappa shape index (κ2) is 4.58. The van der Waals surface area contributed by atoms with Gasteiger partial charge in [0, 0.05) is 11.8 Å². The van der Waals surface area contributed by atoms with Crippen LogP contribution < -0.4 is 4.74 Å². The average Bonchev–Trinajstić information content (AvgIpc) is 3.17. The number of nitrogens with zero attached hydrogens (tertiary/aromatic N) is 2. The number of aromatic nitrogens is 2. The summed E-state index contributed by atoms with van der Waals surface area (Å²) in [5.74, 6) is 0.916. The Morgan fingerprint density at radius 2 is 1.94 bits per heavy atom. The monoisotopic (exact) mass is 260 g/mol. The van der Waals surface area contributed by atoms with Crippen molar-refractivity contribution in [3.05, 3.63) is 41.3 Å². The highest BCUT2D eigenvalue weighted by atomic mass is 35.5. The van der Waals surface area contributed by atoms with E-state index in [9.17, 15) is 0 Å². The molecule has 1 aromatic carbocycles. The first kappa shape index (κ1) is 11.5. The Morgan fingerprint density at radius 3 is 2.61 bits per heavy atom. The van der Waals surface area contributed by atoms with Crippen molar-refractivity contribution in [2.45, 2.75) is 25.9 Å². The van der Waals surface area contributed by atoms with Crippen molar-refractivity contribution >= 4 is 11.6 Å². The van der Waals surface area contributed by atoms with Crippen LogP contribution in [0.3, 0.4) is 0 Å². The molecule has 0 N–H and O–H groups in total. The molecular weight excluding hydrogens is 248 g/mol. The number of hydrogen-bond acceptors (Lipinski definition) is 3. The minimum absolute atomic E-state index is 0.272. The number of rotatable bonds is 3. The van der Waals surface area contributed by atoms with E-state index in [0.29, 0.717) is 6.10 Å². The zero-order valence-corrected chi connectivity index (χ0v) is 10.8. The van der Waals surface area contributed by atoms with Gasteiger partial charge in [-0.05, 0) is 61.2 Å². The third kappa shape index (κ3) is 2.46. The van der Waals surface area contributed by atoms with Gasteiger partial charge in [0.05, 0.1) is 11.8 Å². The van der Waals surface area contributed by atoms with Gasteiger partial charge in [0.15, 0.2) is 0 Å². The van der Waals surface area contributed by atoms with Gasteiger partial charge in [0.25, 0.3) is 0 Å². The van der Waals surface area contributed by atoms with E-state index in [2.05, 4.69) is 9.97 Å². The van der Waals surface area contributed by atoms with Crippen molar-refractivity contribution in [1.29, 1.82) is 0 Å². The Kier molecular flexibility index (Phi) is 2.92. The molecule has 0 amide bonds. The SMILES string of the molecule is Cc1cnc(Cl)nc1-c1ccc(OC2CC2)cc1. The van der Waals surface area contributed by atoms with Crippen molar-refractivity contribution in [3.63, 3.8) is 0 Å². The van der Waals surface area contributed by atoms with E-state index in [-0.39, 0.29) is 5.28 Å². The molecule has 1 fully saturated rings. The van der Waals surface area contributed by atoms with Crippen LogP contribution in [0.4, 0.5) is 0 Å². The van der Waals surface area contributed by atoms with Crippen molar-refractivity contribution in [2.75, 3.05) is 0 Å². The summed E-state index contributed by atoms with van der Waals surface area (Å²) in [5, 5.41) is 0.272. The van der Waals surface area contributed by atoms with Crippen molar-refractivity contribution in [1.82, 2.24) is 9.97 Å². The van der Waals surface area contributed by atoms with Gasteiger partial charge in [-0.1, -0.05) is 0 Å². The third-order valence-electron chi connectivity index (χ3n) is 2.90. The lowest BCUT2D eigenvalue weighted by molar-refractivity contribution is 0.303. The van der Waals surface area contributed by atoms with Gasteiger partial charge in [0.1, 0.15) is 5.75 Å². The molecule has 1 aromatic heterocycles. The van der Waals surface area contributed by atoms with Crippen LogP contribution in [0.15, 0.2) is 30.5 Å². The molecule has 4 heteroatoms. The van der Waals surface area contributed by atoms with E-state index < -0.39 is 0 Å². The maximum Gasteiger partial charge on any atom is 0.222 e. The van der Waals surface area contributed by atoms with Gasteiger partial charge in [-0.2, -0.15) is 0 Å². The summed E-state index contributed by atoms with van der Waals surface area (Å²) in [7, 11) is 0. The maximum absolute atomic E-state index is 5.83. The lowest BCUT2D eigenvalue weighted by atomic mass is 10.1. The van der Waals surface area contributed by atoms with E-state index in [1.807, 2.05) is 31.2 Å². The molecule has 0 unspecified atom stereocenters. The first-order chi connectivity index (χ1) is 8.72. The Balaban J connectivity index is 1.88. The van der Waals surface area contributed by atoms with Crippen LogP contribution in [0.5, 0.6) is 5.75 Å². The Bertz CT molecular complexity index is 565. The molecule has 0 radical (unpaired) electrons. The maximum atomic E-state index is 5.83. The van der Waals surface area contributed by atoms with Crippen LogP contribution >= 0.6 is 11.6 Å². The first-order valence-electron chi connectivity index (χ1n) is 5.98. The van der Waals surface area contributed by atoms with E-state index in [1.165, 1.54) is 12.8 Å². The van der Waals surface area contributed by atoms with Crippen LogP contribution in [0.25, 0.3) is 11.3 Å². The summed E-state index contributed by atoms with van der Waals surface area (Å²) < 4.78 is 5.71. The summed E-state index contributed by atoms with van der Waals surface area (Å²) in [6, 6.07) is 7.96. The molecule has 3 rings (SSSR count). The number of aryl methyl sites for hydroxylation is 1. The van der Waals surface area contributed by atoms with Gasteiger partial charge < -0.3 is 4.74 Å². The minimum atomic E-state index is 0.272. The molecule has 3 nitrogen and oxygen atoms in total. The standard InChI is InChI=1S/C14H13ClN2O/c1-9-8-16-14(15)17-13(9)10-2-4-11(5-3-10)18-12-6-7-12/h2-5,8,12H,6-7H2,1H3. The van der Waals surface area contributed by atoms with Gasteiger partial charge in [-0.3, -0.25) is 0 Å². The number of benzene rings is 1. The second-order valence-corrected chi connectivity index (χ2v) is 4.85. The molecule has 1 aliphatic rings. The van der Waals surface area contributed by atoms with E-state index in [0.717, 1.165) is 22.6 Å². The summed E-state index contributed by atoms with van der Waals surface area (Å²) in [6.45, 7) is 1.97. The molecule has 0 bridgehead atoms. The molecule has 18 heavy (non-hydrogen) atoms. The molecule has 0 saturated heterocycles. The molecule has 0 atom stereocenters. The van der Waals surface area contributed by atoms with Gasteiger partial charge in [-0.25, -0.2) is 9.97 Å².